The Hall–Kier alpha value is -0.290. The van der Waals surface area contributed by atoms with Gasteiger partial charge in [0.2, 0.25) is 0 Å². The predicted molar refractivity (Wildman–Crippen MR) is 51.5 cm³/mol. The van der Waals surface area contributed by atoms with Gasteiger partial charge in [-0.2, -0.15) is 13.2 Å². The Bertz CT molecular complexity index is 188. The van der Waals surface area contributed by atoms with Crippen LogP contribution in [0.4, 0.5) is 13.2 Å². The van der Waals surface area contributed by atoms with Gasteiger partial charge in [0.15, 0.2) is 0 Å². The summed E-state index contributed by atoms with van der Waals surface area (Å²) in [4.78, 5) is 1.38. The summed E-state index contributed by atoms with van der Waals surface area (Å²) in [5.74, 6) is 0.292. The molecule has 0 aromatic rings. The van der Waals surface area contributed by atoms with Gasteiger partial charge in [-0.1, -0.05) is 0 Å². The van der Waals surface area contributed by atoms with Crippen molar-refractivity contribution in [1.29, 1.82) is 0 Å². The third-order valence-corrected chi connectivity index (χ3v) is 3.13. The van der Waals surface area contributed by atoms with Crippen LogP contribution in [0.25, 0.3) is 0 Å². The number of hydrogen-bond acceptors (Lipinski definition) is 2. The van der Waals surface area contributed by atoms with Gasteiger partial charge in [-0.05, 0) is 38.6 Å². The SMILES string of the molecule is CN(CC(F)(F)F)C1CCC(CO)CC1. The van der Waals surface area contributed by atoms with Gasteiger partial charge < -0.3 is 5.11 Å². The second-order valence-electron chi connectivity index (χ2n) is 4.39. The number of alkyl halides is 3. The van der Waals surface area contributed by atoms with E-state index >= 15 is 0 Å². The topological polar surface area (TPSA) is 23.5 Å². The molecule has 0 radical (unpaired) electrons. The summed E-state index contributed by atoms with van der Waals surface area (Å²) in [6.07, 6.45) is -0.912. The summed E-state index contributed by atoms with van der Waals surface area (Å²) in [6, 6.07) is 0.0226. The third kappa shape index (κ3) is 4.38. The lowest BCUT2D eigenvalue weighted by Gasteiger charge is -2.34. The smallest absolute Gasteiger partial charge is 0.396 e. The molecule has 1 fully saturated rings. The van der Waals surface area contributed by atoms with Crippen LogP contribution in [-0.4, -0.2) is 42.4 Å². The summed E-state index contributed by atoms with van der Waals surface area (Å²) in [6.45, 7) is -0.669. The molecule has 0 amide bonds. The van der Waals surface area contributed by atoms with E-state index in [1.807, 2.05) is 0 Å². The molecule has 0 aliphatic heterocycles. The first-order valence-corrected chi connectivity index (χ1v) is 5.30. The molecule has 1 saturated carbocycles. The molecule has 1 N–H and O–H groups in total. The highest BCUT2D eigenvalue weighted by Crippen LogP contribution is 2.28. The van der Waals surface area contributed by atoms with Gasteiger partial charge >= 0.3 is 6.18 Å². The summed E-state index contributed by atoms with van der Waals surface area (Å²) in [5, 5.41) is 8.91. The molecule has 90 valence electrons. The van der Waals surface area contributed by atoms with Crippen molar-refractivity contribution in [2.24, 2.45) is 5.92 Å². The highest BCUT2D eigenvalue weighted by atomic mass is 19.4. The maximum absolute atomic E-state index is 12.1. The Morgan fingerprint density at radius 2 is 1.73 bits per heavy atom. The first-order chi connectivity index (χ1) is 6.92. The predicted octanol–water partition coefficient (Wildman–Crippen LogP) is 2.03. The van der Waals surface area contributed by atoms with Crippen LogP contribution in [0.15, 0.2) is 0 Å². The summed E-state index contributed by atoms with van der Waals surface area (Å²) >= 11 is 0. The van der Waals surface area contributed by atoms with Crippen LogP contribution in [0.5, 0.6) is 0 Å². The summed E-state index contributed by atoms with van der Waals surface area (Å²) in [7, 11) is 1.53. The number of halogens is 3. The molecule has 0 aromatic heterocycles. The maximum Gasteiger partial charge on any atom is 0.401 e. The molecule has 0 bridgehead atoms. The zero-order valence-electron chi connectivity index (χ0n) is 8.93. The molecule has 0 aromatic carbocycles. The fourth-order valence-corrected chi connectivity index (χ4v) is 2.18. The monoisotopic (exact) mass is 225 g/mol. The number of aliphatic hydroxyl groups is 1. The van der Waals surface area contributed by atoms with Gasteiger partial charge in [0.1, 0.15) is 0 Å². The first-order valence-electron chi connectivity index (χ1n) is 5.30. The van der Waals surface area contributed by atoms with Crippen LogP contribution < -0.4 is 0 Å². The largest absolute Gasteiger partial charge is 0.401 e. The van der Waals surface area contributed by atoms with Crippen LogP contribution >= 0.6 is 0 Å². The zero-order chi connectivity index (χ0) is 11.5. The van der Waals surface area contributed by atoms with Gasteiger partial charge in [-0.3, -0.25) is 4.90 Å². The van der Waals surface area contributed by atoms with Gasteiger partial charge in [0, 0.05) is 12.6 Å². The van der Waals surface area contributed by atoms with Crippen molar-refractivity contribution >= 4 is 0 Å². The lowest BCUT2D eigenvalue weighted by molar-refractivity contribution is -0.149. The van der Waals surface area contributed by atoms with Gasteiger partial charge in [0.25, 0.3) is 0 Å². The average Bonchev–Trinajstić information content (AvgIpc) is 2.15. The Kier molecular flexibility index (Phi) is 4.40. The summed E-state index contributed by atoms with van der Waals surface area (Å²) in [5.41, 5.74) is 0. The Morgan fingerprint density at radius 3 is 2.13 bits per heavy atom. The Morgan fingerprint density at radius 1 is 1.20 bits per heavy atom. The molecule has 2 nitrogen and oxygen atoms in total. The van der Waals surface area contributed by atoms with E-state index in [2.05, 4.69) is 0 Å². The van der Waals surface area contributed by atoms with Crippen molar-refractivity contribution in [2.75, 3.05) is 20.2 Å². The van der Waals surface area contributed by atoms with Crippen molar-refractivity contribution < 1.29 is 18.3 Å². The van der Waals surface area contributed by atoms with Crippen molar-refractivity contribution in [1.82, 2.24) is 4.90 Å². The minimum Gasteiger partial charge on any atom is -0.396 e. The second kappa shape index (κ2) is 5.16. The van der Waals surface area contributed by atoms with Crippen LogP contribution in [0.1, 0.15) is 25.7 Å². The molecule has 1 aliphatic rings. The number of rotatable bonds is 3. The van der Waals surface area contributed by atoms with Crippen molar-refractivity contribution in [3.05, 3.63) is 0 Å². The average molecular weight is 225 g/mol. The molecule has 15 heavy (non-hydrogen) atoms. The van der Waals surface area contributed by atoms with Crippen LogP contribution in [0.3, 0.4) is 0 Å². The highest BCUT2D eigenvalue weighted by molar-refractivity contribution is 4.78. The van der Waals surface area contributed by atoms with Gasteiger partial charge in [0.05, 0.1) is 6.54 Å². The summed E-state index contributed by atoms with van der Waals surface area (Å²) < 4.78 is 36.4. The molecule has 0 heterocycles. The van der Waals surface area contributed by atoms with E-state index in [1.54, 1.807) is 0 Å². The Balaban J connectivity index is 2.33. The lowest BCUT2D eigenvalue weighted by Crippen LogP contribution is -2.41. The van der Waals surface area contributed by atoms with E-state index in [1.165, 1.54) is 11.9 Å². The van der Waals surface area contributed by atoms with Crippen LogP contribution in [-0.2, 0) is 0 Å². The minimum atomic E-state index is -4.11. The van der Waals surface area contributed by atoms with E-state index in [4.69, 9.17) is 5.11 Å². The van der Waals surface area contributed by atoms with Gasteiger partial charge in [-0.15, -0.1) is 0 Å². The minimum absolute atomic E-state index is 0.0226. The molecule has 0 atom stereocenters. The number of nitrogens with zero attached hydrogens (tertiary/aromatic N) is 1. The highest BCUT2D eigenvalue weighted by Gasteiger charge is 2.33. The molecule has 1 aliphatic carbocycles. The maximum atomic E-state index is 12.1. The standard InChI is InChI=1S/C10H18F3NO/c1-14(7-10(11,12)13)9-4-2-8(6-15)3-5-9/h8-9,15H,2-7H2,1H3. The van der Waals surface area contributed by atoms with Crippen molar-refractivity contribution in [3.63, 3.8) is 0 Å². The van der Waals surface area contributed by atoms with E-state index < -0.39 is 12.7 Å². The molecular weight excluding hydrogens is 207 g/mol. The lowest BCUT2D eigenvalue weighted by atomic mass is 9.86. The molecule has 0 unspecified atom stereocenters. The van der Waals surface area contributed by atoms with E-state index in [0.717, 1.165) is 25.7 Å². The third-order valence-electron chi connectivity index (χ3n) is 3.13. The molecular formula is C10H18F3NO. The van der Waals surface area contributed by atoms with E-state index in [-0.39, 0.29) is 12.6 Å². The normalized spacial score (nSPS) is 28.4. The zero-order valence-corrected chi connectivity index (χ0v) is 8.93. The second-order valence-corrected chi connectivity index (χ2v) is 4.39. The molecule has 1 rings (SSSR count). The molecule has 5 heteroatoms. The number of aliphatic hydroxyl groups excluding tert-OH is 1. The Labute approximate surface area is 88.1 Å². The van der Waals surface area contributed by atoms with Crippen LogP contribution in [0.2, 0.25) is 0 Å². The fraction of sp³-hybridized carbons (Fsp3) is 1.00. The van der Waals surface area contributed by atoms with Crippen molar-refractivity contribution in [2.45, 2.75) is 37.9 Å². The first kappa shape index (κ1) is 12.8. The fourth-order valence-electron chi connectivity index (χ4n) is 2.18. The molecule has 0 saturated heterocycles. The van der Waals surface area contributed by atoms with E-state index in [9.17, 15) is 13.2 Å². The van der Waals surface area contributed by atoms with Gasteiger partial charge in [-0.25, -0.2) is 0 Å². The van der Waals surface area contributed by atoms with Crippen molar-refractivity contribution in [3.8, 4) is 0 Å². The molecule has 0 spiro atoms. The van der Waals surface area contributed by atoms with E-state index in [0.29, 0.717) is 5.92 Å². The quantitative estimate of drug-likeness (QED) is 0.794. The number of hydrogen-bond donors (Lipinski definition) is 1. The van der Waals surface area contributed by atoms with Crippen LogP contribution in [0, 0.1) is 5.92 Å².